The molecule has 0 atom stereocenters. The van der Waals surface area contributed by atoms with Crippen LogP contribution < -0.4 is 0 Å². The number of rotatable bonds is 2. The van der Waals surface area contributed by atoms with Crippen LogP contribution in [0.5, 0.6) is 0 Å². The van der Waals surface area contributed by atoms with Crippen molar-refractivity contribution < 1.29 is 4.79 Å². The monoisotopic (exact) mass is 276 g/mol. The maximum Gasteiger partial charge on any atom is 0.263 e. The van der Waals surface area contributed by atoms with Crippen LogP contribution in [-0.2, 0) is 0 Å². The Bertz CT molecular complexity index is 555. The Morgan fingerprint density at radius 1 is 1.37 bits per heavy atom. The standard InChI is InChI=1S/C13H16N4OS/c1-10-2-3-12(19-10)13(18)16-7-4-11(5-8-16)17-9-6-14-15-17/h2-3,6,9,11H,4-5,7-8H2,1H3. The maximum absolute atomic E-state index is 12.3. The van der Waals surface area contributed by atoms with Crippen molar-refractivity contribution >= 4 is 17.2 Å². The van der Waals surface area contributed by atoms with Gasteiger partial charge in [-0.25, -0.2) is 4.68 Å². The molecular weight excluding hydrogens is 260 g/mol. The molecule has 0 aliphatic carbocycles. The van der Waals surface area contributed by atoms with Crippen LogP contribution in [-0.4, -0.2) is 38.9 Å². The molecule has 100 valence electrons. The predicted octanol–water partition coefficient (Wildman–Crippen LogP) is 2.13. The third-order valence-electron chi connectivity index (χ3n) is 3.52. The first kappa shape index (κ1) is 12.3. The Morgan fingerprint density at radius 3 is 2.74 bits per heavy atom. The smallest absolute Gasteiger partial charge is 0.263 e. The summed E-state index contributed by atoms with van der Waals surface area (Å²) in [7, 11) is 0. The van der Waals surface area contributed by atoms with Gasteiger partial charge < -0.3 is 4.90 Å². The van der Waals surface area contributed by atoms with Crippen molar-refractivity contribution in [1.29, 1.82) is 0 Å². The van der Waals surface area contributed by atoms with E-state index in [0.717, 1.165) is 30.8 Å². The predicted molar refractivity (Wildman–Crippen MR) is 73.3 cm³/mol. The minimum absolute atomic E-state index is 0.162. The summed E-state index contributed by atoms with van der Waals surface area (Å²) in [6.07, 6.45) is 5.48. The molecule has 1 amide bonds. The summed E-state index contributed by atoms with van der Waals surface area (Å²) < 4.78 is 1.90. The molecule has 1 saturated heterocycles. The SMILES string of the molecule is Cc1ccc(C(=O)N2CCC(n3ccnn3)CC2)s1. The molecule has 5 nitrogen and oxygen atoms in total. The Kier molecular flexibility index (Phi) is 3.33. The minimum Gasteiger partial charge on any atom is -0.338 e. The normalized spacial score (nSPS) is 16.8. The average molecular weight is 276 g/mol. The van der Waals surface area contributed by atoms with Crippen LogP contribution in [0.4, 0.5) is 0 Å². The van der Waals surface area contributed by atoms with Crippen molar-refractivity contribution in [3.63, 3.8) is 0 Å². The Balaban J connectivity index is 1.62. The van der Waals surface area contributed by atoms with Crippen LogP contribution in [0.2, 0.25) is 0 Å². The van der Waals surface area contributed by atoms with Crippen LogP contribution in [0.15, 0.2) is 24.5 Å². The number of aromatic nitrogens is 3. The highest BCUT2D eigenvalue weighted by Crippen LogP contribution is 2.24. The van der Waals surface area contributed by atoms with Crippen LogP contribution in [0, 0.1) is 6.92 Å². The van der Waals surface area contributed by atoms with Crippen molar-refractivity contribution in [3.05, 3.63) is 34.3 Å². The maximum atomic E-state index is 12.3. The second kappa shape index (κ2) is 5.13. The van der Waals surface area contributed by atoms with E-state index < -0.39 is 0 Å². The van der Waals surface area contributed by atoms with Gasteiger partial charge in [-0.2, -0.15) is 0 Å². The quantitative estimate of drug-likeness (QED) is 0.844. The number of carbonyl (C=O) groups excluding carboxylic acids is 1. The number of thiophene rings is 1. The molecule has 0 saturated carbocycles. The van der Waals surface area contributed by atoms with E-state index in [1.54, 1.807) is 17.5 Å². The van der Waals surface area contributed by atoms with Crippen LogP contribution in [0.3, 0.4) is 0 Å². The lowest BCUT2D eigenvalue weighted by atomic mass is 10.1. The van der Waals surface area contributed by atoms with Gasteiger partial charge in [0, 0.05) is 24.2 Å². The topological polar surface area (TPSA) is 51.0 Å². The highest BCUT2D eigenvalue weighted by Gasteiger charge is 2.25. The molecule has 1 aliphatic heterocycles. The molecule has 2 aromatic heterocycles. The van der Waals surface area contributed by atoms with Gasteiger partial charge in [-0.1, -0.05) is 5.21 Å². The molecule has 3 rings (SSSR count). The first-order valence-corrected chi connectivity index (χ1v) is 7.27. The van der Waals surface area contributed by atoms with E-state index in [-0.39, 0.29) is 5.91 Å². The molecule has 0 N–H and O–H groups in total. The van der Waals surface area contributed by atoms with Gasteiger partial charge in [-0.3, -0.25) is 4.79 Å². The summed E-state index contributed by atoms with van der Waals surface area (Å²) in [4.78, 5) is 16.3. The third-order valence-corrected chi connectivity index (χ3v) is 4.51. The summed E-state index contributed by atoms with van der Waals surface area (Å²) in [6, 6.07) is 4.29. The van der Waals surface area contributed by atoms with Gasteiger partial charge in [0.05, 0.1) is 17.1 Å². The minimum atomic E-state index is 0.162. The molecule has 3 heterocycles. The number of hydrogen-bond donors (Lipinski definition) is 0. The highest BCUT2D eigenvalue weighted by atomic mass is 32.1. The van der Waals surface area contributed by atoms with E-state index in [1.807, 2.05) is 34.8 Å². The average Bonchev–Trinajstić information content (AvgIpc) is 3.09. The van der Waals surface area contributed by atoms with Crippen molar-refractivity contribution in [3.8, 4) is 0 Å². The van der Waals surface area contributed by atoms with Crippen molar-refractivity contribution in [1.82, 2.24) is 19.9 Å². The van der Waals surface area contributed by atoms with Gasteiger partial charge in [0.25, 0.3) is 5.91 Å². The second-order valence-electron chi connectivity index (χ2n) is 4.82. The van der Waals surface area contributed by atoms with Gasteiger partial charge in [-0.05, 0) is 31.9 Å². The van der Waals surface area contributed by atoms with E-state index in [9.17, 15) is 4.79 Å². The van der Waals surface area contributed by atoms with E-state index in [2.05, 4.69) is 10.3 Å². The zero-order valence-electron chi connectivity index (χ0n) is 10.8. The number of nitrogens with zero attached hydrogens (tertiary/aromatic N) is 4. The molecule has 1 aliphatic rings. The van der Waals surface area contributed by atoms with Crippen LogP contribution in [0.25, 0.3) is 0 Å². The molecule has 2 aromatic rings. The Hall–Kier alpha value is -1.69. The first-order valence-electron chi connectivity index (χ1n) is 6.45. The molecule has 0 unspecified atom stereocenters. The van der Waals surface area contributed by atoms with E-state index >= 15 is 0 Å². The van der Waals surface area contributed by atoms with E-state index in [0.29, 0.717) is 6.04 Å². The fourth-order valence-corrected chi connectivity index (χ4v) is 3.29. The van der Waals surface area contributed by atoms with Gasteiger partial charge in [0.15, 0.2) is 0 Å². The zero-order valence-corrected chi connectivity index (χ0v) is 11.6. The summed E-state index contributed by atoms with van der Waals surface area (Å²) in [5.41, 5.74) is 0. The van der Waals surface area contributed by atoms with Crippen LogP contribution in [0.1, 0.15) is 33.4 Å². The van der Waals surface area contributed by atoms with E-state index in [4.69, 9.17) is 0 Å². The molecule has 6 heteroatoms. The first-order chi connectivity index (χ1) is 9.24. The van der Waals surface area contributed by atoms with Gasteiger partial charge in [0.2, 0.25) is 0 Å². The van der Waals surface area contributed by atoms with Crippen molar-refractivity contribution in [2.75, 3.05) is 13.1 Å². The Labute approximate surface area is 115 Å². The Morgan fingerprint density at radius 2 is 2.16 bits per heavy atom. The number of piperidine rings is 1. The number of hydrogen-bond acceptors (Lipinski definition) is 4. The molecule has 0 aromatic carbocycles. The zero-order chi connectivity index (χ0) is 13.2. The summed E-state index contributed by atoms with van der Waals surface area (Å²) in [5, 5.41) is 7.87. The molecule has 0 bridgehead atoms. The molecule has 0 spiro atoms. The lowest BCUT2D eigenvalue weighted by Gasteiger charge is -2.31. The largest absolute Gasteiger partial charge is 0.338 e. The van der Waals surface area contributed by atoms with Crippen molar-refractivity contribution in [2.45, 2.75) is 25.8 Å². The van der Waals surface area contributed by atoms with E-state index in [1.165, 1.54) is 4.88 Å². The van der Waals surface area contributed by atoms with Crippen molar-refractivity contribution in [2.24, 2.45) is 0 Å². The summed E-state index contributed by atoms with van der Waals surface area (Å²) in [5.74, 6) is 0.162. The summed E-state index contributed by atoms with van der Waals surface area (Å²) in [6.45, 7) is 3.61. The lowest BCUT2D eigenvalue weighted by Crippen LogP contribution is -2.38. The molecular formula is C13H16N4OS. The fraction of sp³-hybridized carbons (Fsp3) is 0.462. The molecule has 19 heavy (non-hydrogen) atoms. The third kappa shape index (κ3) is 2.53. The number of aryl methyl sites for hydroxylation is 1. The number of likely N-dealkylation sites (tertiary alicyclic amines) is 1. The number of amides is 1. The lowest BCUT2D eigenvalue weighted by molar-refractivity contribution is 0.0694. The van der Waals surface area contributed by atoms with Crippen LogP contribution >= 0.6 is 11.3 Å². The van der Waals surface area contributed by atoms with Gasteiger partial charge in [0.1, 0.15) is 0 Å². The second-order valence-corrected chi connectivity index (χ2v) is 6.10. The molecule has 0 radical (unpaired) electrons. The highest BCUT2D eigenvalue weighted by molar-refractivity contribution is 7.13. The summed E-state index contributed by atoms with van der Waals surface area (Å²) >= 11 is 1.57. The molecule has 1 fully saturated rings. The van der Waals surface area contributed by atoms with Gasteiger partial charge >= 0.3 is 0 Å². The fourth-order valence-electron chi connectivity index (χ4n) is 2.45. The number of carbonyl (C=O) groups is 1. The van der Waals surface area contributed by atoms with Gasteiger partial charge in [-0.15, -0.1) is 16.4 Å².